The van der Waals surface area contributed by atoms with Gasteiger partial charge in [-0.05, 0) is 24.6 Å². The zero-order valence-corrected chi connectivity index (χ0v) is 14.8. The summed E-state index contributed by atoms with van der Waals surface area (Å²) >= 11 is 0. The minimum absolute atomic E-state index is 0.129. The predicted molar refractivity (Wildman–Crippen MR) is 102 cm³/mol. The smallest absolute Gasteiger partial charge is 0.326 e. The number of pyridine rings is 2. The molecule has 0 unspecified atom stereocenters. The van der Waals surface area contributed by atoms with E-state index in [1.807, 2.05) is 17.0 Å². The first kappa shape index (κ1) is 16.5. The number of imidazole rings is 1. The second-order valence-corrected chi connectivity index (χ2v) is 6.90. The van der Waals surface area contributed by atoms with Crippen LogP contribution >= 0.6 is 0 Å². The van der Waals surface area contributed by atoms with Gasteiger partial charge in [-0.15, -0.1) is 0 Å². The van der Waals surface area contributed by atoms with Crippen molar-refractivity contribution in [2.45, 2.75) is 18.6 Å². The van der Waals surface area contributed by atoms with Crippen molar-refractivity contribution in [1.29, 1.82) is 5.26 Å². The molecule has 4 aromatic rings. The second kappa shape index (κ2) is 6.20. The molecule has 0 radical (unpaired) electrons. The summed E-state index contributed by atoms with van der Waals surface area (Å²) in [4.78, 5) is 28.8. The summed E-state index contributed by atoms with van der Waals surface area (Å²) in [6.45, 7) is 0.689. The Morgan fingerprint density at radius 1 is 1.25 bits per heavy atom. The first-order chi connectivity index (χ1) is 13.7. The molecule has 1 fully saturated rings. The largest absolute Gasteiger partial charge is 0.354 e. The van der Waals surface area contributed by atoms with E-state index in [1.54, 1.807) is 24.5 Å². The third kappa shape index (κ3) is 2.45. The van der Waals surface area contributed by atoms with E-state index in [4.69, 9.17) is 5.26 Å². The first-order valence-electron chi connectivity index (χ1n) is 8.97. The van der Waals surface area contributed by atoms with E-state index in [0.717, 1.165) is 5.39 Å². The number of rotatable bonds is 2. The Bertz CT molecular complexity index is 1260. The SMILES string of the molecule is N#Cc1ccc(N2CC[C@H](n3c(=O)[nH]c4cnc5[nH]ccc5c43)[C@H](F)C2)nc1. The Balaban J connectivity index is 1.50. The number of nitrogens with zero attached hydrogens (tertiary/aromatic N) is 5. The van der Waals surface area contributed by atoms with E-state index >= 15 is 4.39 Å². The molecular weight excluding hydrogens is 361 g/mol. The summed E-state index contributed by atoms with van der Waals surface area (Å²) in [5.41, 5.74) is 2.07. The van der Waals surface area contributed by atoms with E-state index in [1.165, 1.54) is 10.8 Å². The van der Waals surface area contributed by atoms with Gasteiger partial charge in [0.1, 0.15) is 23.7 Å². The van der Waals surface area contributed by atoms with Gasteiger partial charge >= 0.3 is 5.69 Å². The van der Waals surface area contributed by atoms with Crippen LogP contribution in [0.1, 0.15) is 18.0 Å². The molecule has 2 atom stereocenters. The molecular formula is C19H16FN7O. The second-order valence-electron chi connectivity index (χ2n) is 6.90. The summed E-state index contributed by atoms with van der Waals surface area (Å²) < 4.78 is 16.7. The van der Waals surface area contributed by atoms with Crippen LogP contribution in [0.25, 0.3) is 22.1 Å². The fraction of sp³-hybridized carbons (Fsp3) is 0.263. The number of hydrogen-bond acceptors (Lipinski definition) is 5. The monoisotopic (exact) mass is 377 g/mol. The Labute approximate surface area is 158 Å². The number of aromatic amines is 2. The standard InChI is InChI=1S/C19H16FN7O/c20-13-10-26(16-2-1-11(7-21)8-23-16)6-4-15(13)27-17-12-3-5-22-18(12)24-9-14(17)25-19(27)28/h1-3,5,8-9,13,15H,4,6,10H2,(H,22,24)(H,25,28)/t13-,15+/m1/s1. The molecule has 4 aromatic heterocycles. The van der Waals surface area contributed by atoms with E-state index in [9.17, 15) is 4.79 Å². The van der Waals surface area contributed by atoms with Gasteiger partial charge in [-0.1, -0.05) is 0 Å². The lowest BCUT2D eigenvalue weighted by molar-refractivity contribution is 0.200. The number of hydrogen-bond donors (Lipinski definition) is 2. The lowest BCUT2D eigenvalue weighted by Crippen LogP contribution is -2.45. The zero-order valence-electron chi connectivity index (χ0n) is 14.8. The number of H-pyrrole nitrogens is 2. The van der Waals surface area contributed by atoms with Gasteiger partial charge in [0.25, 0.3) is 0 Å². The first-order valence-corrected chi connectivity index (χ1v) is 8.97. The number of anilines is 1. The highest BCUT2D eigenvalue weighted by atomic mass is 19.1. The minimum atomic E-state index is -1.25. The van der Waals surface area contributed by atoms with Crippen LogP contribution in [-0.2, 0) is 0 Å². The number of halogens is 1. The van der Waals surface area contributed by atoms with Crippen LogP contribution in [0.3, 0.4) is 0 Å². The molecule has 5 heterocycles. The summed E-state index contributed by atoms with van der Waals surface area (Å²) in [7, 11) is 0. The van der Waals surface area contributed by atoms with Gasteiger partial charge in [-0.25, -0.2) is 19.2 Å². The molecule has 2 N–H and O–H groups in total. The Morgan fingerprint density at radius 3 is 2.89 bits per heavy atom. The van der Waals surface area contributed by atoms with Crippen molar-refractivity contribution in [2.24, 2.45) is 0 Å². The van der Waals surface area contributed by atoms with Crippen LogP contribution in [-0.4, -0.2) is 43.8 Å². The number of nitrogens with one attached hydrogen (secondary N) is 2. The lowest BCUT2D eigenvalue weighted by Gasteiger charge is -2.35. The molecule has 0 saturated carbocycles. The van der Waals surface area contributed by atoms with Gasteiger partial charge in [0.2, 0.25) is 0 Å². The summed E-state index contributed by atoms with van der Waals surface area (Å²) in [6.07, 6.45) is 4.04. The van der Waals surface area contributed by atoms with Crippen molar-refractivity contribution >= 4 is 27.9 Å². The van der Waals surface area contributed by atoms with Crippen molar-refractivity contribution in [3.63, 3.8) is 0 Å². The molecule has 9 heteroatoms. The van der Waals surface area contributed by atoms with Gasteiger partial charge in [0.05, 0.1) is 35.4 Å². The molecule has 0 aromatic carbocycles. The van der Waals surface area contributed by atoms with Crippen LogP contribution in [0.5, 0.6) is 0 Å². The highest BCUT2D eigenvalue weighted by Gasteiger charge is 2.33. The third-order valence-corrected chi connectivity index (χ3v) is 5.30. The molecule has 5 rings (SSSR count). The molecule has 1 saturated heterocycles. The maximum absolute atomic E-state index is 15.2. The van der Waals surface area contributed by atoms with Crippen LogP contribution in [0.2, 0.25) is 0 Å². The topological polar surface area (TPSA) is 106 Å². The highest BCUT2D eigenvalue weighted by molar-refractivity contribution is 6.00. The molecule has 140 valence electrons. The number of nitriles is 1. The zero-order chi connectivity index (χ0) is 19.3. The Kier molecular flexibility index (Phi) is 3.65. The third-order valence-electron chi connectivity index (χ3n) is 5.30. The fourth-order valence-corrected chi connectivity index (χ4v) is 3.97. The van der Waals surface area contributed by atoms with E-state index < -0.39 is 12.2 Å². The van der Waals surface area contributed by atoms with E-state index in [-0.39, 0.29) is 12.2 Å². The van der Waals surface area contributed by atoms with Crippen molar-refractivity contribution in [3.05, 3.63) is 52.8 Å². The van der Waals surface area contributed by atoms with Gasteiger partial charge in [0, 0.05) is 24.3 Å². The normalized spacial score (nSPS) is 19.9. The number of aromatic nitrogens is 5. The molecule has 0 bridgehead atoms. The Morgan fingerprint density at radius 2 is 2.14 bits per heavy atom. The average molecular weight is 377 g/mol. The highest BCUT2D eigenvalue weighted by Crippen LogP contribution is 2.31. The lowest BCUT2D eigenvalue weighted by atomic mass is 10.0. The van der Waals surface area contributed by atoms with Gasteiger partial charge < -0.3 is 14.9 Å². The van der Waals surface area contributed by atoms with Crippen LogP contribution in [0, 0.1) is 11.3 Å². The van der Waals surface area contributed by atoms with E-state index in [0.29, 0.717) is 41.0 Å². The molecule has 1 aliphatic rings. The number of piperidine rings is 1. The van der Waals surface area contributed by atoms with Gasteiger partial charge in [-0.3, -0.25) is 4.57 Å². The maximum atomic E-state index is 15.2. The van der Waals surface area contributed by atoms with Crippen molar-refractivity contribution in [3.8, 4) is 6.07 Å². The summed E-state index contributed by atoms with van der Waals surface area (Å²) in [6, 6.07) is 6.68. The van der Waals surface area contributed by atoms with Crippen molar-refractivity contribution in [1.82, 2.24) is 24.5 Å². The fourth-order valence-electron chi connectivity index (χ4n) is 3.97. The number of alkyl halides is 1. The molecule has 0 aliphatic carbocycles. The van der Waals surface area contributed by atoms with E-state index in [2.05, 4.69) is 19.9 Å². The van der Waals surface area contributed by atoms with Crippen molar-refractivity contribution < 1.29 is 4.39 Å². The molecule has 0 amide bonds. The maximum Gasteiger partial charge on any atom is 0.326 e. The minimum Gasteiger partial charge on any atom is -0.354 e. The Hall–Kier alpha value is -3.67. The van der Waals surface area contributed by atoms with Gasteiger partial charge in [0.15, 0.2) is 0 Å². The molecule has 8 nitrogen and oxygen atoms in total. The molecule has 1 aliphatic heterocycles. The number of fused-ring (bicyclic) bond motifs is 3. The van der Waals surface area contributed by atoms with Crippen LogP contribution in [0.4, 0.5) is 10.2 Å². The average Bonchev–Trinajstić information content (AvgIpc) is 3.31. The van der Waals surface area contributed by atoms with Crippen LogP contribution < -0.4 is 10.6 Å². The van der Waals surface area contributed by atoms with Crippen LogP contribution in [0.15, 0.2) is 41.6 Å². The molecule has 0 spiro atoms. The molecule has 28 heavy (non-hydrogen) atoms. The summed E-state index contributed by atoms with van der Waals surface area (Å²) in [5, 5.41) is 9.68. The van der Waals surface area contributed by atoms with Crippen molar-refractivity contribution in [2.75, 3.05) is 18.0 Å². The summed E-state index contributed by atoms with van der Waals surface area (Å²) in [5.74, 6) is 0.628. The van der Waals surface area contributed by atoms with Gasteiger partial charge in [-0.2, -0.15) is 5.26 Å². The predicted octanol–water partition coefficient (Wildman–Crippen LogP) is 2.26. The quantitative estimate of drug-likeness (QED) is 0.557.